The number of nitrogens with one attached hydrogen (secondary N) is 2. The van der Waals surface area contributed by atoms with Crippen LogP contribution in [0.2, 0.25) is 0 Å². The largest absolute Gasteiger partial charge is 0.454 e. The summed E-state index contributed by atoms with van der Waals surface area (Å²) in [6, 6.07) is 9.21. The number of carbonyl (C=O) groups excluding carboxylic acids is 1. The number of urea groups is 1. The van der Waals surface area contributed by atoms with E-state index in [4.69, 9.17) is 14.5 Å². The molecule has 4 aliphatic heterocycles. The van der Waals surface area contributed by atoms with Gasteiger partial charge in [0.05, 0.1) is 5.70 Å². The van der Waals surface area contributed by atoms with Crippen LogP contribution in [0.5, 0.6) is 11.5 Å². The number of hydrogen-bond acceptors (Lipinski definition) is 7. The molecule has 36 heavy (non-hydrogen) atoms. The van der Waals surface area contributed by atoms with E-state index in [2.05, 4.69) is 39.7 Å². The molecule has 1 aromatic carbocycles. The lowest BCUT2D eigenvalue weighted by Crippen LogP contribution is -2.44. The number of amides is 2. The lowest BCUT2D eigenvalue weighted by Gasteiger charge is -2.34. The molecule has 9 heteroatoms. The van der Waals surface area contributed by atoms with Crippen molar-refractivity contribution in [2.75, 3.05) is 25.2 Å². The van der Waals surface area contributed by atoms with Gasteiger partial charge in [-0.2, -0.15) is 0 Å². The number of nitrogens with zero attached hydrogens (tertiary/aromatic N) is 4. The minimum absolute atomic E-state index is 0.0978. The molecule has 6 rings (SSSR count). The molecule has 4 aliphatic rings. The van der Waals surface area contributed by atoms with Crippen LogP contribution >= 0.6 is 0 Å². The number of allylic oxidation sites excluding steroid dienone is 2. The van der Waals surface area contributed by atoms with E-state index >= 15 is 0 Å². The molecule has 5 heterocycles. The molecular formula is C27H28N6O3. The van der Waals surface area contributed by atoms with Crippen LogP contribution in [-0.4, -0.2) is 53.8 Å². The van der Waals surface area contributed by atoms with E-state index in [-0.39, 0.29) is 24.8 Å². The number of dihydropyridines is 1. The van der Waals surface area contributed by atoms with Gasteiger partial charge in [0.2, 0.25) is 6.79 Å². The highest BCUT2D eigenvalue weighted by Crippen LogP contribution is 2.35. The van der Waals surface area contributed by atoms with Gasteiger partial charge in [-0.15, -0.1) is 0 Å². The molecule has 2 amide bonds. The van der Waals surface area contributed by atoms with E-state index in [0.29, 0.717) is 36.8 Å². The lowest BCUT2D eigenvalue weighted by atomic mass is 9.90. The summed E-state index contributed by atoms with van der Waals surface area (Å²) in [6.45, 7) is 4.25. The van der Waals surface area contributed by atoms with E-state index in [1.165, 1.54) is 0 Å². The van der Waals surface area contributed by atoms with Crippen molar-refractivity contribution in [2.24, 2.45) is 15.9 Å². The second kappa shape index (κ2) is 9.49. The number of carbonyl (C=O) groups is 1. The number of likely N-dealkylation sites (tertiary alicyclic amines) is 1. The van der Waals surface area contributed by atoms with E-state index in [1.54, 1.807) is 12.3 Å². The van der Waals surface area contributed by atoms with Crippen molar-refractivity contribution in [3.05, 3.63) is 71.3 Å². The van der Waals surface area contributed by atoms with Gasteiger partial charge in [-0.25, -0.2) is 4.79 Å². The molecule has 184 valence electrons. The van der Waals surface area contributed by atoms with Crippen LogP contribution in [0, 0.1) is 5.92 Å². The van der Waals surface area contributed by atoms with E-state index in [1.807, 2.05) is 35.5 Å². The molecule has 0 spiro atoms. The van der Waals surface area contributed by atoms with E-state index in [0.717, 1.165) is 41.1 Å². The standard InChI is InChI=1S/C27H28N6O3/c1-17-12-30-26-22(29-14-18-4-2-8-28-13-18)11-21(32-25(17)26)19-5-3-9-33(15-19)27(34)31-20-6-7-23-24(10-20)36-16-35-23/h2,4,6-8,10-13,19,26,29H,3,5,9,14-16H2,1H3,(H,31,34). The van der Waals surface area contributed by atoms with Crippen molar-refractivity contribution in [2.45, 2.75) is 32.4 Å². The predicted octanol–water partition coefficient (Wildman–Crippen LogP) is 3.91. The Kier molecular flexibility index (Phi) is 5.88. The summed E-state index contributed by atoms with van der Waals surface area (Å²) >= 11 is 0. The number of rotatable bonds is 5. The van der Waals surface area contributed by atoms with Crippen LogP contribution < -0.4 is 20.1 Å². The van der Waals surface area contributed by atoms with Gasteiger partial charge in [0.25, 0.3) is 0 Å². The number of anilines is 1. The summed E-state index contributed by atoms with van der Waals surface area (Å²) in [5.74, 6) is 1.49. The number of pyridine rings is 1. The fourth-order valence-electron chi connectivity index (χ4n) is 4.97. The molecule has 0 aliphatic carbocycles. The predicted molar refractivity (Wildman–Crippen MR) is 137 cm³/mol. The Balaban J connectivity index is 1.17. The average Bonchev–Trinajstić information content (AvgIpc) is 3.54. The van der Waals surface area contributed by atoms with Crippen molar-refractivity contribution < 1.29 is 14.3 Å². The maximum absolute atomic E-state index is 13.1. The van der Waals surface area contributed by atoms with Crippen LogP contribution in [0.4, 0.5) is 10.5 Å². The fourth-order valence-corrected chi connectivity index (χ4v) is 4.97. The summed E-state index contributed by atoms with van der Waals surface area (Å²) in [5.41, 5.74) is 5.91. The molecule has 1 fully saturated rings. The maximum Gasteiger partial charge on any atom is 0.321 e. The van der Waals surface area contributed by atoms with Crippen molar-refractivity contribution in [1.82, 2.24) is 15.2 Å². The van der Waals surface area contributed by atoms with E-state index in [9.17, 15) is 4.79 Å². The van der Waals surface area contributed by atoms with Crippen LogP contribution in [0.3, 0.4) is 0 Å². The Labute approximate surface area is 209 Å². The van der Waals surface area contributed by atoms with Crippen molar-refractivity contribution >= 4 is 23.6 Å². The Morgan fingerprint density at radius 2 is 2.14 bits per heavy atom. The Bertz CT molecular complexity index is 1300. The van der Waals surface area contributed by atoms with Crippen molar-refractivity contribution in [1.29, 1.82) is 0 Å². The third kappa shape index (κ3) is 4.44. The van der Waals surface area contributed by atoms with Gasteiger partial charge >= 0.3 is 6.03 Å². The highest BCUT2D eigenvalue weighted by atomic mass is 16.7. The summed E-state index contributed by atoms with van der Waals surface area (Å²) in [4.78, 5) is 28.9. The quantitative estimate of drug-likeness (QED) is 0.670. The minimum Gasteiger partial charge on any atom is -0.454 e. The first-order valence-corrected chi connectivity index (χ1v) is 12.3. The third-order valence-electron chi connectivity index (χ3n) is 6.90. The normalized spacial score (nSPS) is 22.2. The molecule has 2 atom stereocenters. The van der Waals surface area contributed by atoms with Gasteiger partial charge in [0, 0.05) is 67.3 Å². The Hall–Kier alpha value is -4.14. The number of benzene rings is 1. The van der Waals surface area contributed by atoms with Crippen LogP contribution in [0.1, 0.15) is 25.3 Å². The zero-order chi connectivity index (χ0) is 24.5. The smallest absolute Gasteiger partial charge is 0.321 e. The third-order valence-corrected chi connectivity index (χ3v) is 6.90. The number of ether oxygens (including phenoxy) is 2. The van der Waals surface area contributed by atoms with Gasteiger partial charge in [0.15, 0.2) is 11.5 Å². The molecule has 0 saturated carbocycles. The average molecular weight is 485 g/mol. The molecule has 0 bridgehead atoms. The van der Waals surface area contributed by atoms with Crippen molar-refractivity contribution in [3.63, 3.8) is 0 Å². The molecule has 1 saturated heterocycles. The Morgan fingerprint density at radius 3 is 3.03 bits per heavy atom. The highest BCUT2D eigenvalue weighted by Gasteiger charge is 2.33. The number of hydrogen-bond donors (Lipinski definition) is 2. The molecule has 2 unspecified atom stereocenters. The number of piperidine rings is 1. The summed E-state index contributed by atoms with van der Waals surface area (Å²) < 4.78 is 10.8. The Morgan fingerprint density at radius 1 is 1.22 bits per heavy atom. The van der Waals surface area contributed by atoms with Crippen molar-refractivity contribution in [3.8, 4) is 11.5 Å². The summed E-state index contributed by atoms with van der Waals surface area (Å²) in [5, 5.41) is 6.57. The lowest BCUT2D eigenvalue weighted by molar-refractivity contribution is 0.174. The van der Waals surface area contributed by atoms with E-state index < -0.39 is 0 Å². The topological polar surface area (TPSA) is 100 Å². The molecular weight excluding hydrogens is 456 g/mol. The zero-order valence-electron chi connectivity index (χ0n) is 20.1. The van der Waals surface area contributed by atoms with Gasteiger partial charge in [0.1, 0.15) is 6.04 Å². The number of aliphatic imine (C=N–C) groups is 2. The molecule has 9 nitrogen and oxygen atoms in total. The molecule has 2 N–H and O–H groups in total. The first-order chi connectivity index (χ1) is 17.6. The maximum atomic E-state index is 13.1. The second-order valence-electron chi connectivity index (χ2n) is 9.38. The first-order valence-electron chi connectivity index (χ1n) is 12.3. The molecule has 0 radical (unpaired) electrons. The van der Waals surface area contributed by atoms with Gasteiger partial charge < -0.3 is 25.0 Å². The minimum atomic E-state index is -0.119. The number of fused-ring (bicyclic) bond motifs is 2. The van der Waals surface area contributed by atoms with Gasteiger partial charge in [-0.3, -0.25) is 15.0 Å². The summed E-state index contributed by atoms with van der Waals surface area (Å²) in [7, 11) is 0. The molecule has 1 aromatic heterocycles. The summed E-state index contributed by atoms with van der Waals surface area (Å²) in [6.07, 6.45) is 9.57. The second-order valence-corrected chi connectivity index (χ2v) is 9.38. The zero-order valence-corrected chi connectivity index (χ0v) is 20.1. The van der Waals surface area contributed by atoms with Crippen LogP contribution in [0.15, 0.2) is 75.8 Å². The van der Waals surface area contributed by atoms with Gasteiger partial charge in [-0.05, 0) is 55.2 Å². The van der Waals surface area contributed by atoms with Crippen LogP contribution in [0.25, 0.3) is 0 Å². The molecule has 2 aromatic rings. The fraction of sp³-hybridized carbons (Fsp3) is 0.333. The monoisotopic (exact) mass is 484 g/mol. The van der Waals surface area contributed by atoms with Gasteiger partial charge in [-0.1, -0.05) is 6.07 Å². The number of aromatic nitrogens is 1. The van der Waals surface area contributed by atoms with Crippen LogP contribution in [-0.2, 0) is 6.54 Å². The SMILES string of the molecule is CC1=C2N=C(C3CCCN(C(=O)Nc4ccc5c(c4)OCO5)C3)C=C(NCc3cccnc3)C2N=C1. The first kappa shape index (κ1) is 22.3. The highest BCUT2D eigenvalue weighted by molar-refractivity contribution is 6.01.